The number of unbranched alkanes of at least 4 members (excludes halogenated alkanes) is 2. The fraction of sp³-hybridized carbons (Fsp3) is 0.405. The molecular formula is C42H58F6N14S2. The number of anilines is 6. The lowest BCUT2D eigenvalue weighted by atomic mass is 10.0. The number of thiazole rings is 1. The molecule has 64 heavy (non-hydrogen) atoms. The zero-order chi connectivity index (χ0) is 47.2. The zero-order valence-electron chi connectivity index (χ0n) is 36.0. The Morgan fingerprint density at radius 1 is 0.766 bits per heavy atom. The normalized spacial score (nSPS) is 12.5. The molecule has 3 aromatic carbocycles. The summed E-state index contributed by atoms with van der Waals surface area (Å²) in [6.45, 7) is 14.6. The molecule has 0 saturated carbocycles. The van der Waals surface area contributed by atoms with Gasteiger partial charge in [-0.1, -0.05) is 24.5 Å². The predicted octanol–water partition coefficient (Wildman–Crippen LogP) is 9.17. The molecule has 0 bridgehead atoms. The van der Waals surface area contributed by atoms with E-state index in [0.717, 1.165) is 41.8 Å². The maximum atomic E-state index is 14.2. The van der Waals surface area contributed by atoms with Crippen molar-refractivity contribution in [1.82, 2.24) is 4.98 Å². The van der Waals surface area contributed by atoms with Gasteiger partial charge >= 0.3 is 12.4 Å². The van der Waals surface area contributed by atoms with E-state index < -0.39 is 29.6 Å². The predicted molar refractivity (Wildman–Crippen MR) is 255 cm³/mol. The second kappa shape index (κ2) is 23.3. The van der Waals surface area contributed by atoms with E-state index in [2.05, 4.69) is 60.0 Å². The van der Waals surface area contributed by atoms with Crippen molar-refractivity contribution in [3.63, 3.8) is 0 Å². The number of halogens is 6. The largest absolute Gasteiger partial charge is 0.416 e. The van der Waals surface area contributed by atoms with Crippen LogP contribution in [-0.2, 0) is 12.4 Å². The molecule has 0 fully saturated rings. The summed E-state index contributed by atoms with van der Waals surface area (Å²) in [5, 5.41) is 19.3. The lowest BCUT2D eigenvalue weighted by molar-refractivity contribution is -0.138. The molecule has 22 heteroatoms. The van der Waals surface area contributed by atoms with Gasteiger partial charge < -0.3 is 60.6 Å². The van der Waals surface area contributed by atoms with Crippen molar-refractivity contribution in [2.45, 2.75) is 88.8 Å². The summed E-state index contributed by atoms with van der Waals surface area (Å²) in [5.41, 5.74) is 29.0. The number of nitrogens with two attached hydrogens (primary N) is 5. The monoisotopic (exact) mass is 936 g/mol. The summed E-state index contributed by atoms with van der Waals surface area (Å²) in [5.74, 6) is 0.672. The van der Waals surface area contributed by atoms with E-state index in [4.69, 9.17) is 28.7 Å². The summed E-state index contributed by atoms with van der Waals surface area (Å²) in [6, 6.07) is 9.46. The standard InChI is InChI=1S/C42H58F6N14S2/c1-23(10-6-8-15-54-38(50)51)56-32-18-28(41(43,44)45)19-33(25(32)3)59-26(4)58-30-12-13-31-36(22-30)64-40(62-31)61-27(5)60-35-21-29(42(46,47)48)20-34(37(35)63-17-14-49)57-24(2)11-7-9-16-55-39(52)53/h12-13,18-23,27,56-60H,2,4,6-11,14-17,49H2,1,3,5H3,(H,61,62)(H4,50,51,54)(H4,52,53,55). The van der Waals surface area contributed by atoms with E-state index in [9.17, 15) is 26.3 Å². The Kier molecular flexibility index (Phi) is 18.5. The highest BCUT2D eigenvalue weighted by Gasteiger charge is 2.34. The van der Waals surface area contributed by atoms with Crippen LogP contribution in [0.5, 0.6) is 0 Å². The number of nitrogens with one attached hydrogen (secondary N) is 6. The Labute approximate surface area is 377 Å². The molecule has 2 atom stereocenters. The number of hydrogen-bond acceptors (Lipinski definition) is 12. The minimum absolute atomic E-state index is 0.0113. The smallest absolute Gasteiger partial charge is 0.382 e. The van der Waals surface area contributed by atoms with E-state index in [1.807, 2.05) is 13.0 Å². The molecule has 4 rings (SSSR count). The van der Waals surface area contributed by atoms with Gasteiger partial charge in [-0.25, -0.2) is 4.98 Å². The average Bonchev–Trinajstić information content (AvgIpc) is 3.58. The first kappa shape index (κ1) is 50.9. The summed E-state index contributed by atoms with van der Waals surface area (Å²) < 4.78 is 85.5. The van der Waals surface area contributed by atoms with Crippen LogP contribution >= 0.6 is 23.1 Å². The number of allylic oxidation sites excluding steroid dienone is 1. The zero-order valence-corrected chi connectivity index (χ0v) is 37.6. The Bertz CT molecular complexity index is 2270. The number of nitrogens with zero attached hydrogens (tertiary/aromatic N) is 3. The first-order chi connectivity index (χ1) is 30.1. The van der Waals surface area contributed by atoms with Gasteiger partial charge in [-0.2, -0.15) is 26.3 Å². The fourth-order valence-electron chi connectivity index (χ4n) is 6.37. The second-order valence-electron chi connectivity index (χ2n) is 15.0. The van der Waals surface area contributed by atoms with Gasteiger partial charge in [-0.15, -0.1) is 11.8 Å². The molecule has 14 nitrogen and oxygen atoms in total. The lowest BCUT2D eigenvalue weighted by Crippen LogP contribution is -2.25. The second-order valence-corrected chi connectivity index (χ2v) is 17.1. The Morgan fingerprint density at radius 3 is 2.00 bits per heavy atom. The first-order valence-corrected chi connectivity index (χ1v) is 22.2. The molecular weight excluding hydrogens is 879 g/mol. The topological polar surface area (TPSA) is 240 Å². The van der Waals surface area contributed by atoms with Gasteiger partial charge in [-0.3, -0.25) is 9.98 Å². The Balaban J connectivity index is 1.47. The van der Waals surface area contributed by atoms with Crippen LogP contribution < -0.4 is 60.6 Å². The number of guanidine groups is 2. The van der Waals surface area contributed by atoms with Crippen LogP contribution in [-0.4, -0.2) is 54.5 Å². The van der Waals surface area contributed by atoms with Crippen molar-refractivity contribution in [2.75, 3.05) is 57.3 Å². The third kappa shape index (κ3) is 16.1. The molecule has 350 valence electrons. The third-order valence-electron chi connectivity index (χ3n) is 9.43. The molecule has 0 aliphatic heterocycles. The number of aliphatic imine (C=N–C) groups is 2. The van der Waals surface area contributed by atoms with Crippen LogP contribution in [0.25, 0.3) is 10.2 Å². The molecule has 0 aliphatic carbocycles. The molecule has 0 amide bonds. The van der Waals surface area contributed by atoms with E-state index in [-0.39, 0.29) is 40.8 Å². The molecule has 2 unspecified atom stereocenters. The summed E-state index contributed by atoms with van der Waals surface area (Å²) in [6.07, 6.45) is -5.84. The van der Waals surface area contributed by atoms with Crippen LogP contribution in [0.4, 0.5) is 59.9 Å². The molecule has 0 saturated heterocycles. The Hall–Kier alpha value is -5.74. The van der Waals surface area contributed by atoms with Crippen molar-refractivity contribution >= 4 is 78.8 Å². The van der Waals surface area contributed by atoms with Crippen molar-refractivity contribution in [3.8, 4) is 0 Å². The first-order valence-electron chi connectivity index (χ1n) is 20.4. The average molecular weight is 937 g/mol. The van der Waals surface area contributed by atoms with Gasteiger partial charge in [0.05, 0.1) is 43.8 Å². The molecule has 1 aromatic heterocycles. The van der Waals surface area contributed by atoms with Crippen molar-refractivity contribution < 1.29 is 26.3 Å². The summed E-state index contributed by atoms with van der Waals surface area (Å²) in [7, 11) is 0. The number of aromatic nitrogens is 1. The minimum atomic E-state index is -4.63. The molecule has 0 aliphatic rings. The fourth-order valence-corrected chi connectivity index (χ4v) is 8.23. The SMILES string of the molecule is C=C(CCCCN=C(N)N)Nc1cc(C(F)(F)F)cc(NC(C)Nc2nc3ccc(NC(=C)Nc4cc(C(F)(F)F)cc(NC(C)CCCCN=C(N)N)c4C)cc3s2)c1SCCN. The maximum Gasteiger partial charge on any atom is 0.416 e. The van der Waals surface area contributed by atoms with Crippen molar-refractivity contribution in [2.24, 2.45) is 38.7 Å². The van der Waals surface area contributed by atoms with E-state index in [0.29, 0.717) is 89.2 Å². The number of fused-ring (bicyclic) bond motifs is 1. The summed E-state index contributed by atoms with van der Waals surface area (Å²) >= 11 is 2.62. The van der Waals surface area contributed by atoms with Crippen LogP contribution in [0.1, 0.15) is 69.1 Å². The highest BCUT2D eigenvalue weighted by Crippen LogP contribution is 2.42. The lowest BCUT2D eigenvalue weighted by Gasteiger charge is -2.23. The van der Waals surface area contributed by atoms with Crippen molar-refractivity contribution in [1.29, 1.82) is 0 Å². The number of thioether (sulfide) groups is 1. The molecule has 16 N–H and O–H groups in total. The van der Waals surface area contributed by atoms with Gasteiger partial charge in [-0.05, 0) is 107 Å². The quantitative estimate of drug-likeness (QED) is 0.00743. The Morgan fingerprint density at radius 2 is 1.38 bits per heavy atom. The number of alkyl halides is 6. The van der Waals surface area contributed by atoms with E-state index in [1.165, 1.54) is 23.1 Å². The van der Waals surface area contributed by atoms with Gasteiger partial charge in [0.15, 0.2) is 17.1 Å². The number of rotatable bonds is 25. The third-order valence-corrected chi connectivity index (χ3v) is 11.5. The maximum absolute atomic E-state index is 14.2. The van der Waals surface area contributed by atoms with Gasteiger partial charge in [0.2, 0.25) is 0 Å². The van der Waals surface area contributed by atoms with Crippen LogP contribution in [0.15, 0.2) is 82.0 Å². The van der Waals surface area contributed by atoms with Gasteiger partial charge in [0, 0.05) is 54.2 Å². The van der Waals surface area contributed by atoms with Crippen LogP contribution in [0, 0.1) is 6.92 Å². The minimum Gasteiger partial charge on any atom is -0.382 e. The van der Waals surface area contributed by atoms with Crippen molar-refractivity contribution in [3.05, 3.63) is 83.8 Å². The molecule has 1 heterocycles. The van der Waals surface area contributed by atoms with E-state index in [1.54, 1.807) is 26.0 Å². The van der Waals surface area contributed by atoms with Crippen LogP contribution in [0.2, 0.25) is 0 Å². The summed E-state index contributed by atoms with van der Waals surface area (Å²) in [4.78, 5) is 13.1. The van der Waals surface area contributed by atoms with Gasteiger partial charge in [0.1, 0.15) is 5.82 Å². The van der Waals surface area contributed by atoms with E-state index >= 15 is 0 Å². The highest BCUT2D eigenvalue weighted by molar-refractivity contribution is 7.99. The number of benzene rings is 3. The number of hydrogen-bond donors (Lipinski definition) is 11. The molecule has 0 spiro atoms. The molecule has 0 radical (unpaired) electrons. The molecule has 4 aromatic rings. The van der Waals surface area contributed by atoms with Crippen LogP contribution in [0.3, 0.4) is 0 Å². The van der Waals surface area contributed by atoms with Gasteiger partial charge in [0.25, 0.3) is 0 Å². The highest BCUT2D eigenvalue weighted by atomic mass is 32.2.